The van der Waals surface area contributed by atoms with E-state index in [4.69, 9.17) is 4.74 Å². The number of benzene rings is 1. The lowest BCUT2D eigenvalue weighted by molar-refractivity contribution is 0.189. The summed E-state index contributed by atoms with van der Waals surface area (Å²) in [7, 11) is 0. The lowest BCUT2D eigenvalue weighted by Gasteiger charge is -2.15. The minimum Gasteiger partial charge on any atom is -0.491 e. The first kappa shape index (κ1) is 15.3. The Morgan fingerprint density at radius 2 is 2.10 bits per heavy atom. The molecule has 2 N–H and O–H groups in total. The number of ether oxygens (including phenoxy) is 1. The van der Waals surface area contributed by atoms with Crippen LogP contribution in [0, 0.1) is 6.92 Å². The van der Waals surface area contributed by atoms with Crippen LogP contribution in [0.15, 0.2) is 36.5 Å². The fourth-order valence-electron chi connectivity index (χ4n) is 1.91. The number of hydrogen-bond acceptors (Lipinski definition) is 5. The standard InChI is InChI=1S/C16H21N3O2/c1-11(2)21-14-6-4-5-13(9-14)15(20)10-18-16-17-8-7-12(3)19-16/h4-9,11,15,20H,10H2,1-3H3,(H,17,18,19). The molecule has 0 spiro atoms. The van der Waals surface area contributed by atoms with E-state index in [0.717, 1.165) is 17.0 Å². The molecule has 0 aliphatic rings. The molecule has 5 heteroatoms. The molecule has 1 unspecified atom stereocenters. The van der Waals surface area contributed by atoms with Gasteiger partial charge in [0.1, 0.15) is 5.75 Å². The van der Waals surface area contributed by atoms with E-state index in [1.54, 1.807) is 6.20 Å². The van der Waals surface area contributed by atoms with Crippen molar-refractivity contribution in [3.8, 4) is 5.75 Å². The number of nitrogens with one attached hydrogen (secondary N) is 1. The van der Waals surface area contributed by atoms with E-state index in [1.807, 2.05) is 51.1 Å². The first-order valence-electron chi connectivity index (χ1n) is 7.03. The second kappa shape index (κ2) is 7.04. The Hall–Kier alpha value is -2.14. The number of aryl methyl sites for hydroxylation is 1. The molecule has 21 heavy (non-hydrogen) atoms. The average molecular weight is 287 g/mol. The quantitative estimate of drug-likeness (QED) is 0.855. The molecule has 0 aliphatic heterocycles. The Kier molecular flexibility index (Phi) is 5.11. The summed E-state index contributed by atoms with van der Waals surface area (Å²) < 4.78 is 5.63. The Morgan fingerprint density at radius 1 is 1.29 bits per heavy atom. The third kappa shape index (κ3) is 4.72. The van der Waals surface area contributed by atoms with Crippen LogP contribution in [0.4, 0.5) is 5.95 Å². The van der Waals surface area contributed by atoms with Gasteiger partial charge >= 0.3 is 0 Å². The lowest BCUT2D eigenvalue weighted by Crippen LogP contribution is -2.14. The summed E-state index contributed by atoms with van der Waals surface area (Å²) in [6.07, 6.45) is 1.15. The fraction of sp³-hybridized carbons (Fsp3) is 0.375. The molecular formula is C16H21N3O2. The highest BCUT2D eigenvalue weighted by molar-refractivity contribution is 5.32. The Labute approximate surface area is 125 Å². The van der Waals surface area contributed by atoms with Gasteiger partial charge in [0.2, 0.25) is 5.95 Å². The van der Waals surface area contributed by atoms with Gasteiger partial charge < -0.3 is 15.2 Å². The number of aliphatic hydroxyl groups is 1. The monoisotopic (exact) mass is 287 g/mol. The summed E-state index contributed by atoms with van der Waals surface area (Å²) >= 11 is 0. The van der Waals surface area contributed by atoms with Gasteiger partial charge in [0.25, 0.3) is 0 Å². The van der Waals surface area contributed by atoms with E-state index in [9.17, 15) is 5.11 Å². The van der Waals surface area contributed by atoms with Crippen LogP contribution in [0.1, 0.15) is 31.2 Å². The molecule has 0 amide bonds. The maximum atomic E-state index is 10.2. The van der Waals surface area contributed by atoms with Crippen LogP contribution in [-0.4, -0.2) is 27.7 Å². The van der Waals surface area contributed by atoms with Crippen LogP contribution in [0.3, 0.4) is 0 Å². The topological polar surface area (TPSA) is 67.3 Å². The van der Waals surface area contributed by atoms with Crippen molar-refractivity contribution in [2.45, 2.75) is 33.0 Å². The first-order chi connectivity index (χ1) is 10.0. The molecule has 0 aliphatic carbocycles. The lowest BCUT2D eigenvalue weighted by atomic mass is 10.1. The van der Waals surface area contributed by atoms with Crippen molar-refractivity contribution in [3.05, 3.63) is 47.8 Å². The van der Waals surface area contributed by atoms with E-state index < -0.39 is 6.10 Å². The minimum atomic E-state index is -0.648. The maximum Gasteiger partial charge on any atom is 0.222 e. The van der Waals surface area contributed by atoms with E-state index in [0.29, 0.717) is 12.5 Å². The van der Waals surface area contributed by atoms with Gasteiger partial charge in [0, 0.05) is 18.4 Å². The number of hydrogen-bond donors (Lipinski definition) is 2. The van der Waals surface area contributed by atoms with Gasteiger partial charge in [0.15, 0.2) is 0 Å². The third-order valence-corrected chi connectivity index (χ3v) is 2.86. The zero-order chi connectivity index (χ0) is 15.2. The molecule has 0 saturated heterocycles. The molecule has 0 bridgehead atoms. The summed E-state index contributed by atoms with van der Waals surface area (Å²) in [6.45, 7) is 6.18. The zero-order valence-electron chi connectivity index (χ0n) is 12.6. The van der Waals surface area contributed by atoms with Crippen molar-refractivity contribution in [1.29, 1.82) is 0 Å². The second-order valence-corrected chi connectivity index (χ2v) is 5.16. The van der Waals surface area contributed by atoms with Gasteiger partial charge in [-0.3, -0.25) is 0 Å². The van der Waals surface area contributed by atoms with Gasteiger partial charge in [-0.2, -0.15) is 0 Å². The van der Waals surface area contributed by atoms with Gasteiger partial charge in [-0.25, -0.2) is 9.97 Å². The molecule has 1 aromatic carbocycles. The van der Waals surface area contributed by atoms with Crippen LogP contribution in [-0.2, 0) is 0 Å². The molecule has 1 heterocycles. The molecule has 0 saturated carbocycles. The number of rotatable bonds is 6. The summed E-state index contributed by atoms with van der Waals surface area (Å²) in [6, 6.07) is 9.31. The summed E-state index contributed by atoms with van der Waals surface area (Å²) in [5.74, 6) is 1.27. The smallest absolute Gasteiger partial charge is 0.222 e. The third-order valence-electron chi connectivity index (χ3n) is 2.86. The molecule has 0 fully saturated rings. The van der Waals surface area contributed by atoms with Crippen molar-refractivity contribution in [2.75, 3.05) is 11.9 Å². The van der Waals surface area contributed by atoms with Crippen LogP contribution in [0.5, 0.6) is 5.75 Å². The second-order valence-electron chi connectivity index (χ2n) is 5.16. The molecular weight excluding hydrogens is 266 g/mol. The molecule has 1 aromatic heterocycles. The van der Waals surface area contributed by atoms with Gasteiger partial charge in [0.05, 0.1) is 12.2 Å². The largest absolute Gasteiger partial charge is 0.491 e. The van der Waals surface area contributed by atoms with E-state index in [1.165, 1.54) is 0 Å². The Morgan fingerprint density at radius 3 is 2.81 bits per heavy atom. The highest BCUT2D eigenvalue weighted by Crippen LogP contribution is 2.20. The number of aromatic nitrogens is 2. The van der Waals surface area contributed by atoms with Crippen LogP contribution < -0.4 is 10.1 Å². The molecule has 0 radical (unpaired) electrons. The first-order valence-corrected chi connectivity index (χ1v) is 7.03. The summed E-state index contributed by atoms with van der Waals surface area (Å²) in [5.41, 5.74) is 1.68. The van der Waals surface area contributed by atoms with E-state index in [2.05, 4.69) is 15.3 Å². The van der Waals surface area contributed by atoms with Crippen molar-refractivity contribution >= 4 is 5.95 Å². The number of aliphatic hydroxyl groups excluding tert-OH is 1. The van der Waals surface area contributed by atoms with E-state index in [-0.39, 0.29) is 6.10 Å². The average Bonchev–Trinajstić information content (AvgIpc) is 2.44. The van der Waals surface area contributed by atoms with Crippen molar-refractivity contribution in [2.24, 2.45) is 0 Å². The molecule has 2 aromatic rings. The summed E-state index contributed by atoms with van der Waals surface area (Å²) in [5, 5.41) is 13.3. The number of anilines is 1. The van der Waals surface area contributed by atoms with Crippen LogP contribution in [0.25, 0.3) is 0 Å². The van der Waals surface area contributed by atoms with Gasteiger partial charge in [-0.05, 0) is 44.5 Å². The molecule has 5 nitrogen and oxygen atoms in total. The van der Waals surface area contributed by atoms with Gasteiger partial charge in [-0.15, -0.1) is 0 Å². The van der Waals surface area contributed by atoms with Crippen molar-refractivity contribution < 1.29 is 9.84 Å². The van der Waals surface area contributed by atoms with Crippen molar-refractivity contribution in [1.82, 2.24) is 9.97 Å². The maximum absolute atomic E-state index is 10.2. The van der Waals surface area contributed by atoms with Gasteiger partial charge in [-0.1, -0.05) is 12.1 Å². The predicted molar refractivity (Wildman–Crippen MR) is 82.4 cm³/mol. The Balaban J connectivity index is 1.98. The minimum absolute atomic E-state index is 0.108. The van der Waals surface area contributed by atoms with Crippen molar-refractivity contribution in [3.63, 3.8) is 0 Å². The van der Waals surface area contributed by atoms with Crippen LogP contribution in [0.2, 0.25) is 0 Å². The molecule has 1 atom stereocenters. The highest BCUT2D eigenvalue weighted by atomic mass is 16.5. The number of nitrogens with zero attached hydrogens (tertiary/aromatic N) is 2. The van der Waals surface area contributed by atoms with Crippen LogP contribution >= 0.6 is 0 Å². The SMILES string of the molecule is Cc1ccnc(NCC(O)c2cccc(OC(C)C)c2)n1. The Bertz CT molecular complexity index is 587. The highest BCUT2D eigenvalue weighted by Gasteiger charge is 2.09. The summed E-state index contributed by atoms with van der Waals surface area (Å²) in [4.78, 5) is 8.34. The fourth-order valence-corrected chi connectivity index (χ4v) is 1.91. The van der Waals surface area contributed by atoms with E-state index >= 15 is 0 Å². The normalized spacial score (nSPS) is 12.2. The molecule has 2 rings (SSSR count). The molecule has 112 valence electrons. The predicted octanol–water partition coefficient (Wildman–Crippen LogP) is 2.72. The zero-order valence-corrected chi connectivity index (χ0v) is 12.6.